The minimum Gasteiger partial charge on any atom is -0.354 e. The van der Waals surface area contributed by atoms with Gasteiger partial charge in [0, 0.05) is 18.4 Å². The molecular weight excluding hydrogens is 258 g/mol. The lowest BCUT2D eigenvalue weighted by molar-refractivity contribution is -0.121. The number of carbonyl (C=O) groups excluding carboxylic acids is 1. The van der Waals surface area contributed by atoms with Crippen molar-refractivity contribution in [1.82, 2.24) is 5.32 Å². The first-order valence-electron chi connectivity index (χ1n) is 7.60. The molecule has 1 unspecified atom stereocenters. The highest BCUT2D eigenvalue weighted by Gasteiger charge is 2.18. The first-order valence-corrected chi connectivity index (χ1v) is 7.60. The van der Waals surface area contributed by atoms with Crippen molar-refractivity contribution in [3.8, 4) is 0 Å². The van der Waals surface area contributed by atoms with E-state index in [1.807, 2.05) is 43.3 Å². The minimum atomic E-state index is 0.108. The van der Waals surface area contributed by atoms with Gasteiger partial charge in [0.1, 0.15) is 0 Å². The van der Waals surface area contributed by atoms with Crippen molar-refractivity contribution in [3.63, 3.8) is 0 Å². The molecule has 110 valence electrons. The second kappa shape index (κ2) is 7.63. The standard InChI is InChI=1S/C19H23NO/c1-3-15(2)20-19(21)14-18(16-10-6-4-7-11-16)17-12-8-5-9-13-17/h4-13,15,18H,3,14H2,1-2H3,(H,20,21). The van der Waals surface area contributed by atoms with E-state index in [9.17, 15) is 4.79 Å². The Hall–Kier alpha value is -2.09. The third-order valence-electron chi connectivity index (χ3n) is 3.81. The van der Waals surface area contributed by atoms with Crippen LogP contribution >= 0.6 is 0 Å². The fraction of sp³-hybridized carbons (Fsp3) is 0.316. The summed E-state index contributed by atoms with van der Waals surface area (Å²) in [5, 5.41) is 3.06. The molecule has 0 saturated heterocycles. The van der Waals surface area contributed by atoms with Crippen molar-refractivity contribution in [1.29, 1.82) is 0 Å². The van der Waals surface area contributed by atoms with Gasteiger partial charge in [0.05, 0.1) is 0 Å². The molecule has 0 saturated carbocycles. The highest BCUT2D eigenvalue weighted by molar-refractivity contribution is 5.77. The summed E-state index contributed by atoms with van der Waals surface area (Å²) in [7, 11) is 0. The molecule has 2 heteroatoms. The summed E-state index contributed by atoms with van der Waals surface area (Å²) < 4.78 is 0. The topological polar surface area (TPSA) is 29.1 Å². The van der Waals surface area contributed by atoms with Gasteiger partial charge in [0.2, 0.25) is 5.91 Å². The van der Waals surface area contributed by atoms with Gasteiger partial charge in [-0.1, -0.05) is 67.6 Å². The smallest absolute Gasteiger partial charge is 0.221 e. The van der Waals surface area contributed by atoms with Crippen molar-refractivity contribution < 1.29 is 4.79 Å². The molecule has 0 fully saturated rings. The van der Waals surface area contributed by atoms with E-state index in [1.54, 1.807) is 0 Å². The molecule has 0 aromatic heterocycles. The summed E-state index contributed by atoms with van der Waals surface area (Å²) in [6, 6.07) is 20.7. The summed E-state index contributed by atoms with van der Waals surface area (Å²) >= 11 is 0. The molecule has 0 heterocycles. The summed E-state index contributed by atoms with van der Waals surface area (Å²) in [5.41, 5.74) is 2.37. The second-order valence-electron chi connectivity index (χ2n) is 5.45. The molecule has 0 aliphatic heterocycles. The van der Waals surface area contributed by atoms with E-state index in [1.165, 1.54) is 11.1 Å². The van der Waals surface area contributed by atoms with Gasteiger partial charge in [-0.3, -0.25) is 4.79 Å². The molecule has 0 radical (unpaired) electrons. The molecule has 0 aliphatic carbocycles. The SMILES string of the molecule is CCC(C)NC(=O)CC(c1ccccc1)c1ccccc1. The molecule has 2 rings (SSSR count). The zero-order chi connectivity index (χ0) is 15.1. The van der Waals surface area contributed by atoms with Crippen molar-refractivity contribution in [2.24, 2.45) is 0 Å². The minimum absolute atomic E-state index is 0.108. The lowest BCUT2D eigenvalue weighted by atomic mass is 9.88. The van der Waals surface area contributed by atoms with Crippen LogP contribution in [0.5, 0.6) is 0 Å². The van der Waals surface area contributed by atoms with E-state index in [2.05, 4.69) is 36.5 Å². The van der Waals surface area contributed by atoms with Crippen LogP contribution in [0, 0.1) is 0 Å². The van der Waals surface area contributed by atoms with E-state index >= 15 is 0 Å². The van der Waals surface area contributed by atoms with E-state index in [-0.39, 0.29) is 17.9 Å². The molecule has 2 aromatic carbocycles. The Labute approximate surface area is 127 Å². The van der Waals surface area contributed by atoms with Crippen molar-refractivity contribution >= 4 is 5.91 Å². The maximum atomic E-state index is 12.3. The molecule has 1 N–H and O–H groups in total. The Bertz CT molecular complexity index is 511. The van der Waals surface area contributed by atoms with Crippen LogP contribution in [0.3, 0.4) is 0 Å². The fourth-order valence-electron chi connectivity index (χ4n) is 2.42. The van der Waals surface area contributed by atoms with Crippen LogP contribution in [-0.4, -0.2) is 11.9 Å². The molecule has 1 atom stereocenters. The predicted molar refractivity (Wildman–Crippen MR) is 87.2 cm³/mol. The molecule has 2 aromatic rings. The second-order valence-corrected chi connectivity index (χ2v) is 5.45. The Morgan fingerprint density at radius 3 is 1.86 bits per heavy atom. The Balaban J connectivity index is 2.19. The van der Waals surface area contributed by atoms with Crippen molar-refractivity contribution in [3.05, 3.63) is 71.8 Å². The number of nitrogens with one attached hydrogen (secondary N) is 1. The average molecular weight is 281 g/mol. The zero-order valence-electron chi connectivity index (χ0n) is 12.8. The van der Waals surface area contributed by atoms with Crippen LogP contribution in [0.25, 0.3) is 0 Å². The van der Waals surface area contributed by atoms with Gasteiger partial charge in [0.15, 0.2) is 0 Å². The first kappa shape index (κ1) is 15.3. The Kier molecular flexibility index (Phi) is 5.56. The highest BCUT2D eigenvalue weighted by atomic mass is 16.1. The summed E-state index contributed by atoms with van der Waals surface area (Å²) in [6.45, 7) is 4.12. The average Bonchev–Trinajstić information content (AvgIpc) is 2.54. The van der Waals surface area contributed by atoms with Crippen LogP contribution in [0.1, 0.15) is 43.7 Å². The fourth-order valence-corrected chi connectivity index (χ4v) is 2.42. The van der Waals surface area contributed by atoms with E-state index < -0.39 is 0 Å². The van der Waals surface area contributed by atoms with Crippen LogP contribution in [-0.2, 0) is 4.79 Å². The monoisotopic (exact) mass is 281 g/mol. The zero-order valence-corrected chi connectivity index (χ0v) is 12.8. The lowest BCUT2D eigenvalue weighted by Gasteiger charge is -2.19. The van der Waals surface area contributed by atoms with E-state index in [0.29, 0.717) is 6.42 Å². The van der Waals surface area contributed by atoms with Gasteiger partial charge in [0.25, 0.3) is 0 Å². The van der Waals surface area contributed by atoms with Gasteiger partial charge in [-0.2, -0.15) is 0 Å². The van der Waals surface area contributed by atoms with Crippen molar-refractivity contribution in [2.75, 3.05) is 0 Å². The highest BCUT2D eigenvalue weighted by Crippen LogP contribution is 2.27. The summed E-state index contributed by atoms with van der Waals surface area (Å²) in [4.78, 5) is 12.3. The van der Waals surface area contributed by atoms with E-state index in [0.717, 1.165) is 6.42 Å². The maximum Gasteiger partial charge on any atom is 0.221 e. The molecular formula is C19H23NO. The van der Waals surface area contributed by atoms with Gasteiger partial charge >= 0.3 is 0 Å². The van der Waals surface area contributed by atoms with E-state index in [4.69, 9.17) is 0 Å². The number of rotatable bonds is 6. The first-order chi connectivity index (χ1) is 10.2. The van der Waals surface area contributed by atoms with Gasteiger partial charge < -0.3 is 5.32 Å². The summed E-state index contributed by atoms with van der Waals surface area (Å²) in [5.74, 6) is 0.221. The largest absolute Gasteiger partial charge is 0.354 e. The predicted octanol–water partition coefficient (Wildman–Crippen LogP) is 4.12. The van der Waals surface area contributed by atoms with Crippen LogP contribution in [0.4, 0.5) is 0 Å². The number of amides is 1. The van der Waals surface area contributed by atoms with Crippen LogP contribution in [0.2, 0.25) is 0 Å². The molecule has 2 nitrogen and oxygen atoms in total. The number of carbonyl (C=O) groups is 1. The van der Waals surface area contributed by atoms with Gasteiger partial charge in [-0.15, -0.1) is 0 Å². The quantitative estimate of drug-likeness (QED) is 0.847. The normalized spacial score (nSPS) is 12.1. The maximum absolute atomic E-state index is 12.3. The molecule has 0 aliphatic rings. The van der Waals surface area contributed by atoms with Gasteiger partial charge in [-0.25, -0.2) is 0 Å². The Morgan fingerprint density at radius 2 is 1.43 bits per heavy atom. The number of hydrogen-bond acceptors (Lipinski definition) is 1. The Morgan fingerprint density at radius 1 is 0.952 bits per heavy atom. The molecule has 1 amide bonds. The summed E-state index contributed by atoms with van der Waals surface area (Å²) in [6.07, 6.45) is 1.44. The van der Waals surface area contributed by atoms with Gasteiger partial charge in [-0.05, 0) is 24.5 Å². The number of benzene rings is 2. The van der Waals surface area contributed by atoms with Crippen LogP contribution in [0.15, 0.2) is 60.7 Å². The molecule has 0 spiro atoms. The van der Waals surface area contributed by atoms with Crippen LogP contribution < -0.4 is 5.32 Å². The molecule has 21 heavy (non-hydrogen) atoms. The molecule has 0 bridgehead atoms. The third kappa shape index (κ3) is 4.45. The lowest BCUT2D eigenvalue weighted by Crippen LogP contribution is -2.33. The number of hydrogen-bond donors (Lipinski definition) is 1. The third-order valence-corrected chi connectivity index (χ3v) is 3.81. The van der Waals surface area contributed by atoms with Crippen molar-refractivity contribution in [2.45, 2.75) is 38.6 Å².